The molecule has 1 aromatic heterocycles. The van der Waals surface area contributed by atoms with Crippen LogP contribution in [0.1, 0.15) is 105 Å². The van der Waals surface area contributed by atoms with Crippen molar-refractivity contribution in [1.29, 1.82) is 0 Å². The highest BCUT2D eigenvalue weighted by Gasteiger charge is 2.46. The molecule has 5 heteroatoms. The van der Waals surface area contributed by atoms with Crippen molar-refractivity contribution in [3.8, 4) is 33.4 Å². The molecule has 0 unspecified atom stereocenters. The van der Waals surface area contributed by atoms with Crippen LogP contribution in [0.4, 0.5) is 51.2 Å². The van der Waals surface area contributed by atoms with Crippen molar-refractivity contribution in [2.45, 2.75) is 105 Å². The predicted molar refractivity (Wildman–Crippen MR) is 362 cm³/mol. The summed E-state index contributed by atoms with van der Waals surface area (Å²) in [5.41, 5.74) is 25.3. The number of thiophene rings is 1. The number of anilines is 9. The largest absolute Gasteiger partial charge is 0.311 e. The van der Waals surface area contributed by atoms with Crippen LogP contribution >= 0.6 is 11.3 Å². The van der Waals surface area contributed by atoms with Crippen LogP contribution in [-0.4, -0.2) is 6.71 Å². The average molecular weight is 1100 g/mol. The van der Waals surface area contributed by atoms with Gasteiger partial charge in [-0.1, -0.05) is 229 Å². The van der Waals surface area contributed by atoms with Gasteiger partial charge in [0, 0.05) is 60.1 Å². The van der Waals surface area contributed by atoms with E-state index in [9.17, 15) is 0 Å². The second kappa shape index (κ2) is 20.2. The van der Waals surface area contributed by atoms with Crippen LogP contribution in [-0.2, 0) is 21.7 Å². The van der Waals surface area contributed by atoms with E-state index in [0.29, 0.717) is 0 Å². The maximum absolute atomic E-state index is 2.62. The van der Waals surface area contributed by atoms with E-state index in [4.69, 9.17) is 0 Å². The van der Waals surface area contributed by atoms with Crippen LogP contribution in [0.25, 0.3) is 43.5 Å². The Bertz CT molecular complexity index is 4230. The molecule has 0 saturated carbocycles. The Kier molecular flexibility index (Phi) is 13.1. The molecule has 11 aromatic rings. The number of nitrogens with zero attached hydrogens (tertiary/aromatic N) is 3. The van der Waals surface area contributed by atoms with Crippen molar-refractivity contribution < 1.29 is 0 Å². The lowest BCUT2D eigenvalue weighted by atomic mass is 9.36. The minimum absolute atomic E-state index is 0.00870. The summed E-state index contributed by atoms with van der Waals surface area (Å²) in [6, 6.07) is 87.6. The lowest BCUT2D eigenvalue weighted by Gasteiger charge is -2.44. The zero-order chi connectivity index (χ0) is 57.7. The molecule has 83 heavy (non-hydrogen) atoms. The summed E-state index contributed by atoms with van der Waals surface area (Å²) < 4.78 is 2.63. The van der Waals surface area contributed by atoms with Gasteiger partial charge in [-0.15, -0.1) is 11.3 Å². The molecule has 0 amide bonds. The SMILES string of the molecule is CC(C)(C)c1ccc(N(c2ccc3c(c2)N(c2ccc(C(C)(C)C)cc2-c2ccccc2)c2cccc4c2B3c2sc3ccc(-c5ccccc5)cc3c2N4c2ccc(C(C)(C)C)cc2)c2ccc(C(C)(C)C)cc2-c2ccccc2)cc1. The first-order chi connectivity index (χ1) is 39.7. The van der Waals surface area contributed by atoms with Crippen molar-refractivity contribution in [2.75, 3.05) is 14.7 Å². The summed E-state index contributed by atoms with van der Waals surface area (Å²) in [6.45, 7) is 27.7. The Labute approximate surface area is 497 Å². The molecule has 10 aromatic carbocycles. The third-order valence-corrected chi connectivity index (χ3v) is 18.5. The average Bonchev–Trinajstić information content (AvgIpc) is 3.04. The highest BCUT2D eigenvalue weighted by molar-refractivity contribution is 7.33. The first-order valence-electron chi connectivity index (χ1n) is 29.6. The lowest BCUT2D eigenvalue weighted by molar-refractivity contribution is 0.590. The number of hydrogen-bond donors (Lipinski definition) is 0. The van der Waals surface area contributed by atoms with E-state index >= 15 is 0 Å². The monoisotopic (exact) mass is 1100 g/mol. The quantitative estimate of drug-likeness (QED) is 0.140. The second-order valence-corrected chi connectivity index (χ2v) is 28.2. The van der Waals surface area contributed by atoms with Gasteiger partial charge >= 0.3 is 0 Å². The highest BCUT2D eigenvalue weighted by atomic mass is 32.1. The van der Waals surface area contributed by atoms with Gasteiger partial charge in [-0.25, -0.2) is 0 Å². The van der Waals surface area contributed by atoms with E-state index in [1.807, 2.05) is 11.3 Å². The second-order valence-electron chi connectivity index (χ2n) is 27.1. The van der Waals surface area contributed by atoms with E-state index in [-0.39, 0.29) is 28.4 Å². The van der Waals surface area contributed by atoms with Crippen molar-refractivity contribution in [2.24, 2.45) is 0 Å². The molecule has 0 radical (unpaired) electrons. The molecule has 0 atom stereocenters. The topological polar surface area (TPSA) is 9.72 Å². The smallest absolute Gasteiger partial charge is 0.264 e. The summed E-state index contributed by atoms with van der Waals surface area (Å²) in [7, 11) is 0. The van der Waals surface area contributed by atoms with Crippen molar-refractivity contribution in [3.63, 3.8) is 0 Å². The van der Waals surface area contributed by atoms with Crippen LogP contribution in [0.2, 0.25) is 0 Å². The van der Waals surface area contributed by atoms with Crippen molar-refractivity contribution in [1.82, 2.24) is 0 Å². The van der Waals surface area contributed by atoms with Crippen molar-refractivity contribution in [3.05, 3.63) is 253 Å². The third-order valence-electron chi connectivity index (χ3n) is 17.3. The van der Waals surface area contributed by atoms with Gasteiger partial charge in [-0.3, -0.25) is 0 Å². The predicted octanol–water partition coefficient (Wildman–Crippen LogP) is 20.6. The Morgan fingerprint density at radius 3 is 1.46 bits per heavy atom. The van der Waals surface area contributed by atoms with E-state index < -0.39 is 0 Å². The molecule has 0 N–H and O–H groups in total. The standard InChI is InChI=1S/C78H74BN3S/c1-75(2,3)55-32-38-59(39-33-55)80(66-44-36-57(77(7,8)9)48-62(66)52-25-18-14-19-26-52)61-42-43-65-70(50-61)82(67-45-37-58(78(10,11)12)49-63(67)53-27-20-15-21-28-53)69-30-22-29-68-72(69)79(65)74-73(81(68)60-40-34-56(35-41-60)76(4,5)6)64-47-54(31-46-71(64)83-74)51-23-16-13-17-24-51/h13-50H,1-12H3. The fourth-order valence-corrected chi connectivity index (χ4v) is 13.9. The van der Waals surface area contributed by atoms with Crippen LogP contribution in [0.5, 0.6) is 0 Å². The first-order valence-corrected chi connectivity index (χ1v) is 30.4. The summed E-state index contributed by atoms with van der Waals surface area (Å²) >= 11 is 1.95. The summed E-state index contributed by atoms with van der Waals surface area (Å²) in [4.78, 5) is 7.74. The van der Waals surface area contributed by atoms with Gasteiger partial charge in [-0.05, 0) is 162 Å². The number of hydrogen-bond acceptors (Lipinski definition) is 4. The maximum atomic E-state index is 2.62. The van der Waals surface area contributed by atoms with Crippen LogP contribution < -0.4 is 30.4 Å². The van der Waals surface area contributed by atoms with Gasteiger partial charge in [0.25, 0.3) is 6.71 Å². The Hall–Kier alpha value is -8.38. The van der Waals surface area contributed by atoms with E-state index in [1.165, 1.54) is 98.5 Å². The van der Waals surface area contributed by atoms with E-state index in [1.54, 1.807) is 0 Å². The molecule has 0 spiro atoms. The van der Waals surface area contributed by atoms with E-state index in [0.717, 1.165) is 34.1 Å². The molecule has 3 nitrogen and oxygen atoms in total. The maximum Gasteiger partial charge on any atom is 0.264 e. The van der Waals surface area contributed by atoms with Gasteiger partial charge in [0.15, 0.2) is 0 Å². The normalized spacial score (nSPS) is 13.2. The zero-order valence-electron chi connectivity index (χ0n) is 50.3. The molecular weight excluding hydrogens is 1020 g/mol. The first kappa shape index (κ1) is 53.9. The zero-order valence-corrected chi connectivity index (χ0v) is 51.1. The fourth-order valence-electron chi connectivity index (χ4n) is 12.6. The molecule has 2 aliphatic rings. The molecular formula is C78H74BN3S. The van der Waals surface area contributed by atoms with Crippen molar-refractivity contribution >= 4 is 95.0 Å². The molecule has 0 aliphatic carbocycles. The molecule has 13 rings (SSSR count). The van der Waals surface area contributed by atoms with Gasteiger partial charge in [0.1, 0.15) is 0 Å². The fraction of sp³-hybridized carbons (Fsp3) is 0.205. The molecule has 3 heterocycles. The summed E-state index contributed by atoms with van der Waals surface area (Å²) in [5, 5.41) is 1.27. The number of fused-ring (bicyclic) bond motifs is 6. The Morgan fingerprint density at radius 1 is 0.361 bits per heavy atom. The molecule has 0 bridgehead atoms. The van der Waals surface area contributed by atoms with E-state index in [2.05, 4.69) is 328 Å². The van der Waals surface area contributed by atoms with Gasteiger partial charge in [-0.2, -0.15) is 0 Å². The lowest BCUT2D eigenvalue weighted by Crippen LogP contribution is -2.60. The van der Waals surface area contributed by atoms with Gasteiger partial charge in [0.05, 0.1) is 17.1 Å². The highest BCUT2D eigenvalue weighted by Crippen LogP contribution is 2.52. The summed E-state index contributed by atoms with van der Waals surface area (Å²) in [5.74, 6) is 0. The molecule has 410 valence electrons. The van der Waals surface area contributed by atoms with Crippen LogP contribution in [0, 0.1) is 0 Å². The minimum Gasteiger partial charge on any atom is -0.311 e. The summed E-state index contributed by atoms with van der Waals surface area (Å²) in [6.07, 6.45) is 0. The third kappa shape index (κ3) is 9.67. The van der Waals surface area contributed by atoms with Gasteiger partial charge in [0.2, 0.25) is 0 Å². The molecule has 2 aliphatic heterocycles. The van der Waals surface area contributed by atoms with Crippen LogP contribution in [0.15, 0.2) is 231 Å². The Morgan fingerprint density at radius 2 is 0.867 bits per heavy atom. The minimum atomic E-state index is -0.0743. The van der Waals surface area contributed by atoms with Gasteiger partial charge < -0.3 is 14.7 Å². The molecule has 0 fully saturated rings. The number of benzene rings is 10. The number of rotatable bonds is 8. The Balaban J connectivity index is 1.12. The molecule has 0 saturated heterocycles. The van der Waals surface area contributed by atoms with Crippen LogP contribution in [0.3, 0.4) is 0 Å².